The average Bonchev–Trinajstić information content (AvgIpc) is 2.66. The van der Waals surface area contributed by atoms with Crippen molar-refractivity contribution in [2.75, 3.05) is 0 Å². The van der Waals surface area contributed by atoms with E-state index in [4.69, 9.17) is 0 Å². The molecular formula is C22H14NO+. The van der Waals surface area contributed by atoms with Gasteiger partial charge in [-0.2, -0.15) is 0 Å². The van der Waals surface area contributed by atoms with Gasteiger partial charge in [0.25, 0.3) is 5.69 Å². The molecule has 0 saturated heterocycles. The fraction of sp³-hybridized carbons (Fsp3) is 0. The first-order valence-corrected chi connectivity index (χ1v) is 8.01. The van der Waals surface area contributed by atoms with E-state index in [0.29, 0.717) is 5.69 Å². The zero-order valence-corrected chi connectivity index (χ0v) is 12.9. The van der Waals surface area contributed by atoms with Crippen LogP contribution < -0.4 is 5.18 Å². The lowest BCUT2D eigenvalue weighted by Crippen LogP contribution is -2.55. The standard InChI is InChI=1S/C22H13NO/c24-23-21-11-5-10-18-20-13-15-7-2-1-6-14(15)12-19(20)16-8-3-4-9-17(16)22(18)21/h1-13H/p+1. The number of nitroso groups, excluding NO2 is 1. The van der Waals surface area contributed by atoms with Crippen molar-refractivity contribution in [3.8, 4) is 0 Å². The fourth-order valence-electron chi connectivity index (χ4n) is 3.77. The van der Waals surface area contributed by atoms with Gasteiger partial charge in [-0.1, -0.05) is 60.7 Å². The zero-order valence-electron chi connectivity index (χ0n) is 12.9. The van der Waals surface area contributed by atoms with Gasteiger partial charge in [0.15, 0.2) is 0 Å². The maximum Gasteiger partial charge on any atom is 0.261 e. The van der Waals surface area contributed by atoms with Gasteiger partial charge in [-0.3, -0.25) is 0 Å². The highest BCUT2D eigenvalue weighted by molar-refractivity contribution is 6.29. The second kappa shape index (κ2) is 4.87. The molecule has 0 bridgehead atoms. The normalized spacial score (nSPS) is 11.5. The summed E-state index contributed by atoms with van der Waals surface area (Å²) in [5.74, 6) is 0. The van der Waals surface area contributed by atoms with Gasteiger partial charge >= 0.3 is 0 Å². The van der Waals surface area contributed by atoms with Crippen molar-refractivity contribution in [2.24, 2.45) is 0 Å². The third-order valence-electron chi connectivity index (χ3n) is 4.84. The third kappa shape index (κ3) is 1.71. The summed E-state index contributed by atoms with van der Waals surface area (Å²) < 4.78 is 0. The van der Waals surface area contributed by atoms with E-state index in [1.54, 1.807) is 0 Å². The SMILES string of the molecule is O=[NH+]c1cccc2c3cc4ccccc4cc3c3ccccc3c12. The Bertz CT molecular complexity index is 1270. The molecule has 2 heteroatoms. The van der Waals surface area contributed by atoms with Crippen LogP contribution in [0.25, 0.3) is 43.1 Å². The molecule has 24 heavy (non-hydrogen) atoms. The monoisotopic (exact) mass is 308 g/mol. The number of hydrogen-bond acceptors (Lipinski definition) is 1. The zero-order chi connectivity index (χ0) is 16.1. The highest BCUT2D eigenvalue weighted by atomic mass is 16.3. The molecule has 0 atom stereocenters. The Kier molecular flexibility index (Phi) is 2.68. The summed E-state index contributed by atoms with van der Waals surface area (Å²) in [5, 5.41) is 11.3. The maximum atomic E-state index is 11.5. The summed E-state index contributed by atoms with van der Waals surface area (Å²) in [5.41, 5.74) is 0.624. The van der Waals surface area contributed by atoms with Gasteiger partial charge in [-0.15, -0.1) is 0 Å². The molecule has 0 heterocycles. The largest absolute Gasteiger partial charge is 0.261 e. The van der Waals surface area contributed by atoms with Gasteiger partial charge in [-0.05, 0) is 49.8 Å². The summed E-state index contributed by atoms with van der Waals surface area (Å²) in [6.07, 6.45) is 0. The summed E-state index contributed by atoms with van der Waals surface area (Å²) in [7, 11) is 0. The topological polar surface area (TPSA) is 31.0 Å². The molecule has 0 aromatic heterocycles. The van der Waals surface area contributed by atoms with E-state index >= 15 is 0 Å². The predicted molar refractivity (Wildman–Crippen MR) is 100 cm³/mol. The second-order valence-corrected chi connectivity index (χ2v) is 6.12. The lowest BCUT2D eigenvalue weighted by Gasteiger charge is -2.11. The van der Waals surface area contributed by atoms with Crippen molar-refractivity contribution in [1.29, 1.82) is 0 Å². The summed E-state index contributed by atoms with van der Waals surface area (Å²) >= 11 is 0. The van der Waals surface area contributed by atoms with Crippen LogP contribution in [0.1, 0.15) is 0 Å². The van der Waals surface area contributed by atoms with Crippen LogP contribution in [0, 0.1) is 4.91 Å². The lowest BCUT2D eigenvalue weighted by atomic mass is 9.92. The van der Waals surface area contributed by atoms with E-state index in [0.717, 1.165) is 16.2 Å². The lowest BCUT2D eigenvalue weighted by molar-refractivity contribution is -0.377. The first-order chi connectivity index (χ1) is 11.9. The average molecular weight is 308 g/mol. The van der Waals surface area contributed by atoms with E-state index in [1.807, 2.05) is 18.2 Å². The molecule has 0 unspecified atom stereocenters. The summed E-state index contributed by atoms with van der Waals surface area (Å²) in [6, 6.07) is 27.1. The smallest absolute Gasteiger partial charge is 0.0616 e. The Labute approximate surface area is 138 Å². The van der Waals surface area contributed by atoms with Crippen LogP contribution in [0.15, 0.2) is 78.9 Å². The molecule has 2 nitrogen and oxygen atoms in total. The molecule has 5 aromatic rings. The number of rotatable bonds is 1. The molecule has 0 radical (unpaired) electrons. The van der Waals surface area contributed by atoms with E-state index < -0.39 is 0 Å². The van der Waals surface area contributed by atoms with Crippen molar-refractivity contribution in [3.05, 3.63) is 83.8 Å². The Balaban J connectivity index is 2.17. The quantitative estimate of drug-likeness (QED) is 0.351. The molecule has 0 aliphatic rings. The van der Waals surface area contributed by atoms with E-state index in [2.05, 4.69) is 65.8 Å². The van der Waals surface area contributed by atoms with Gasteiger partial charge in [0.1, 0.15) is 0 Å². The van der Waals surface area contributed by atoms with E-state index in [9.17, 15) is 4.91 Å². The van der Waals surface area contributed by atoms with Crippen molar-refractivity contribution < 1.29 is 5.18 Å². The first-order valence-electron chi connectivity index (χ1n) is 8.01. The van der Waals surface area contributed by atoms with Gasteiger partial charge in [-0.25, -0.2) is 0 Å². The second-order valence-electron chi connectivity index (χ2n) is 6.12. The van der Waals surface area contributed by atoms with Crippen molar-refractivity contribution in [2.45, 2.75) is 0 Å². The van der Waals surface area contributed by atoms with Crippen LogP contribution in [0.2, 0.25) is 0 Å². The Morgan fingerprint density at radius 1 is 0.542 bits per heavy atom. The van der Waals surface area contributed by atoms with E-state index in [1.165, 1.54) is 26.9 Å². The van der Waals surface area contributed by atoms with E-state index in [-0.39, 0.29) is 0 Å². The summed E-state index contributed by atoms with van der Waals surface area (Å²) in [4.78, 5) is 11.5. The Hall–Kier alpha value is -3.26. The van der Waals surface area contributed by atoms with Crippen LogP contribution in [-0.2, 0) is 0 Å². The number of nitrogens with one attached hydrogen (secondary N) is 1. The minimum Gasteiger partial charge on any atom is -0.0616 e. The highest BCUT2D eigenvalue weighted by Gasteiger charge is 2.15. The minimum atomic E-state index is 0.624. The molecule has 112 valence electrons. The van der Waals surface area contributed by atoms with Crippen molar-refractivity contribution >= 4 is 48.8 Å². The van der Waals surface area contributed by atoms with Gasteiger partial charge in [0, 0.05) is 16.2 Å². The van der Waals surface area contributed by atoms with Gasteiger partial charge < -0.3 is 0 Å². The van der Waals surface area contributed by atoms with Crippen molar-refractivity contribution in [3.63, 3.8) is 0 Å². The van der Waals surface area contributed by atoms with Crippen molar-refractivity contribution in [1.82, 2.24) is 0 Å². The highest BCUT2D eigenvalue weighted by Crippen LogP contribution is 2.38. The van der Waals surface area contributed by atoms with Crippen LogP contribution >= 0.6 is 0 Å². The molecule has 0 aliphatic carbocycles. The Morgan fingerprint density at radius 2 is 1.08 bits per heavy atom. The Morgan fingerprint density at radius 3 is 1.79 bits per heavy atom. The molecule has 0 saturated carbocycles. The molecular weight excluding hydrogens is 294 g/mol. The van der Waals surface area contributed by atoms with Crippen LogP contribution in [0.4, 0.5) is 5.69 Å². The molecule has 0 spiro atoms. The fourth-order valence-corrected chi connectivity index (χ4v) is 3.77. The minimum absolute atomic E-state index is 0.624. The molecule has 0 fully saturated rings. The molecule has 1 N–H and O–H groups in total. The molecule has 0 amide bonds. The number of hydrogen-bond donors (Lipinski definition) is 1. The summed E-state index contributed by atoms with van der Waals surface area (Å²) in [6.45, 7) is 0. The van der Waals surface area contributed by atoms with Gasteiger partial charge in [0.2, 0.25) is 0 Å². The molecule has 0 aliphatic heterocycles. The molecule has 5 rings (SSSR count). The number of benzene rings is 5. The molecule has 5 aromatic carbocycles. The van der Waals surface area contributed by atoms with Gasteiger partial charge in [0.05, 0.1) is 5.39 Å². The van der Waals surface area contributed by atoms with Crippen LogP contribution in [0.3, 0.4) is 0 Å². The number of fused-ring (bicyclic) bond motifs is 7. The first kappa shape index (κ1) is 13.2. The maximum absolute atomic E-state index is 11.5. The third-order valence-corrected chi connectivity index (χ3v) is 4.84. The van der Waals surface area contributed by atoms with Crippen LogP contribution in [-0.4, -0.2) is 0 Å². The van der Waals surface area contributed by atoms with Crippen LogP contribution in [0.5, 0.6) is 0 Å². The predicted octanol–water partition coefficient (Wildman–Crippen LogP) is 4.78.